The van der Waals surface area contributed by atoms with Crippen molar-refractivity contribution in [1.82, 2.24) is 24.7 Å². The largest absolute Gasteiger partial charge is 0.355 e. The number of fused-ring (bicyclic) bond motifs is 1. The van der Waals surface area contributed by atoms with E-state index < -0.39 is 9.84 Å². The highest BCUT2D eigenvalue weighted by Gasteiger charge is 2.30. The van der Waals surface area contributed by atoms with Crippen molar-refractivity contribution in [2.75, 3.05) is 42.6 Å². The Hall–Kier alpha value is -2.59. The van der Waals surface area contributed by atoms with E-state index in [-0.39, 0.29) is 17.3 Å². The van der Waals surface area contributed by atoms with Gasteiger partial charge in [0.2, 0.25) is 0 Å². The molecule has 0 spiro atoms. The van der Waals surface area contributed by atoms with Crippen LogP contribution in [0.1, 0.15) is 12.8 Å². The van der Waals surface area contributed by atoms with Gasteiger partial charge in [0.15, 0.2) is 21.3 Å². The molecule has 5 rings (SSSR count). The number of piperidine rings is 1. The molecule has 10 heteroatoms. The van der Waals surface area contributed by atoms with Crippen LogP contribution in [0.5, 0.6) is 0 Å². The Balaban J connectivity index is 1.33. The highest BCUT2D eigenvalue weighted by atomic mass is 32.2. The second-order valence-electron chi connectivity index (χ2n) is 7.87. The molecular formula is C20H23FN6O2S. The Morgan fingerprint density at radius 1 is 0.933 bits per heavy atom. The molecule has 3 aromatic rings. The first-order valence-electron chi connectivity index (χ1n) is 10.2. The molecule has 0 amide bonds. The molecule has 158 valence electrons. The van der Waals surface area contributed by atoms with Gasteiger partial charge in [-0.1, -0.05) is 12.1 Å². The average Bonchev–Trinajstić information content (AvgIpc) is 3.17. The van der Waals surface area contributed by atoms with Crippen molar-refractivity contribution < 1.29 is 12.8 Å². The SMILES string of the molecule is O=S1(=O)CCN(C2CCN(c3ccc4nnc(-c5ccccc5F)n4n3)CC2)CC1. The van der Waals surface area contributed by atoms with Gasteiger partial charge in [-0.2, -0.15) is 4.52 Å². The molecule has 0 radical (unpaired) electrons. The summed E-state index contributed by atoms with van der Waals surface area (Å²) in [4.78, 5) is 4.52. The molecule has 0 atom stereocenters. The lowest BCUT2D eigenvalue weighted by molar-refractivity contribution is 0.182. The zero-order chi connectivity index (χ0) is 20.7. The highest BCUT2D eigenvalue weighted by molar-refractivity contribution is 7.91. The normalized spacial score (nSPS) is 20.6. The van der Waals surface area contributed by atoms with Crippen LogP contribution in [0.2, 0.25) is 0 Å². The summed E-state index contributed by atoms with van der Waals surface area (Å²) in [5.74, 6) is 1.35. The van der Waals surface area contributed by atoms with Crippen LogP contribution in [-0.2, 0) is 9.84 Å². The number of hydrogen-bond donors (Lipinski definition) is 0. The van der Waals surface area contributed by atoms with Gasteiger partial charge in [-0.3, -0.25) is 4.90 Å². The van der Waals surface area contributed by atoms with Crippen molar-refractivity contribution in [3.05, 3.63) is 42.2 Å². The Morgan fingerprint density at radius 2 is 1.67 bits per heavy atom. The molecule has 0 N–H and O–H groups in total. The van der Waals surface area contributed by atoms with Gasteiger partial charge in [-0.15, -0.1) is 15.3 Å². The fraction of sp³-hybridized carbons (Fsp3) is 0.450. The second kappa shape index (κ2) is 7.59. The molecule has 2 aliphatic heterocycles. The molecule has 4 heterocycles. The average molecular weight is 431 g/mol. The number of halogens is 1. The topological polar surface area (TPSA) is 83.7 Å². The number of sulfone groups is 1. The summed E-state index contributed by atoms with van der Waals surface area (Å²) in [7, 11) is -2.86. The number of hydrogen-bond acceptors (Lipinski definition) is 7. The zero-order valence-corrected chi connectivity index (χ0v) is 17.3. The highest BCUT2D eigenvalue weighted by Crippen LogP contribution is 2.25. The number of nitrogens with zero attached hydrogens (tertiary/aromatic N) is 6. The molecule has 0 saturated carbocycles. The fourth-order valence-electron chi connectivity index (χ4n) is 4.31. The van der Waals surface area contributed by atoms with Crippen LogP contribution in [-0.4, -0.2) is 76.9 Å². The first-order valence-corrected chi connectivity index (χ1v) is 12.0. The van der Waals surface area contributed by atoms with E-state index in [4.69, 9.17) is 5.10 Å². The molecule has 0 aliphatic carbocycles. The summed E-state index contributed by atoms with van der Waals surface area (Å²) in [5.41, 5.74) is 0.940. The minimum absolute atomic E-state index is 0.262. The molecular weight excluding hydrogens is 407 g/mol. The molecule has 0 bridgehead atoms. The maximum Gasteiger partial charge on any atom is 0.188 e. The van der Waals surface area contributed by atoms with Crippen LogP contribution in [0.3, 0.4) is 0 Å². The van der Waals surface area contributed by atoms with Crippen LogP contribution >= 0.6 is 0 Å². The third-order valence-electron chi connectivity index (χ3n) is 6.05. The quantitative estimate of drug-likeness (QED) is 0.624. The second-order valence-corrected chi connectivity index (χ2v) is 10.2. The monoisotopic (exact) mass is 430 g/mol. The fourth-order valence-corrected chi connectivity index (χ4v) is 5.54. The van der Waals surface area contributed by atoms with Crippen molar-refractivity contribution >= 4 is 21.3 Å². The van der Waals surface area contributed by atoms with E-state index in [1.165, 1.54) is 6.07 Å². The van der Waals surface area contributed by atoms with Gasteiger partial charge in [0.1, 0.15) is 11.6 Å². The first-order chi connectivity index (χ1) is 14.5. The minimum atomic E-state index is -2.86. The Bertz CT molecular complexity index is 1160. The lowest BCUT2D eigenvalue weighted by Gasteiger charge is -2.40. The van der Waals surface area contributed by atoms with E-state index in [1.807, 2.05) is 12.1 Å². The van der Waals surface area contributed by atoms with E-state index in [0.717, 1.165) is 31.7 Å². The molecule has 2 aliphatic rings. The van der Waals surface area contributed by atoms with Crippen LogP contribution in [0, 0.1) is 5.82 Å². The van der Waals surface area contributed by atoms with Crippen LogP contribution < -0.4 is 4.90 Å². The van der Waals surface area contributed by atoms with Crippen molar-refractivity contribution in [1.29, 1.82) is 0 Å². The van der Waals surface area contributed by atoms with Crippen molar-refractivity contribution in [3.63, 3.8) is 0 Å². The van der Waals surface area contributed by atoms with E-state index in [0.29, 0.717) is 36.2 Å². The summed E-state index contributed by atoms with van der Waals surface area (Å²) >= 11 is 0. The number of anilines is 1. The van der Waals surface area contributed by atoms with Gasteiger partial charge in [0.25, 0.3) is 0 Å². The van der Waals surface area contributed by atoms with Crippen LogP contribution in [0.4, 0.5) is 10.2 Å². The third-order valence-corrected chi connectivity index (χ3v) is 7.66. The molecule has 2 saturated heterocycles. The maximum absolute atomic E-state index is 14.2. The molecule has 0 unspecified atom stereocenters. The third kappa shape index (κ3) is 3.65. The van der Waals surface area contributed by atoms with Gasteiger partial charge < -0.3 is 4.90 Å². The maximum atomic E-state index is 14.2. The van der Waals surface area contributed by atoms with Crippen molar-refractivity contribution in [2.45, 2.75) is 18.9 Å². The van der Waals surface area contributed by atoms with E-state index in [1.54, 1.807) is 22.7 Å². The minimum Gasteiger partial charge on any atom is -0.355 e. The number of aromatic nitrogens is 4. The van der Waals surface area contributed by atoms with Gasteiger partial charge in [-0.25, -0.2) is 12.8 Å². The van der Waals surface area contributed by atoms with Gasteiger partial charge in [-0.05, 0) is 37.1 Å². The van der Waals surface area contributed by atoms with Gasteiger partial charge >= 0.3 is 0 Å². The predicted octanol–water partition coefficient (Wildman–Crippen LogP) is 1.63. The standard InChI is InChI=1S/C20H23FN6O2S/c21-17-4-2-1-3-16(17)20-23-22-18-5-6-19(24-27(18)20)26-9-7-15(8-10-26)25-11-13-30(28,29)14-12-25/h1-6,15H,7-14H2. The van der Waals surface area contributed by atoms with Gasteiger partial charge in [0, 0.05) is 32.2 Å². The molecule has 30 heavy (non-hydrogen) atoms. The molecule has 8 nitrogen and oxygen atoms in total. The molecule has 2 fully saturated rings. The van der Waals surface area contributed by atoms with Crippen molar-refractivity contribution in [3.8, 4) is 11.4 Å². The van der Waals surface area contributed by atoms with Crippen molar-refractivity contribution in [2.24, 2.45) is 0 Å². The number of benzene rings is 1. The number of rotatable bonds is 3. The lowest BCUT2D eigenvalue weighted by atomic mass is 10.0. The predicted molar refractivity (Wildman–Crippen MR) is 112 cm³/mol. The van der Waals surface area contributed by atoms with E-state index >= 15 is 0 Å². The zero-order valence-electron chi connectivity index (χ0n) is 16.5. The van der Waals surface area contributed by atoms with E-state index in [2.05, 4.69) is 20.0 Å². The van der Waals surface area contributed by atoms with Crippen LogP contribution in [0.25, 0.3) is 17.0 Å². The Labute approximate surface area is 174 Å². The van der Waals surface area contributed by atoms with Gasteiger partial charge in [0.05, 0.1) is 17.1 Å². The van der Waals surface area contributed by atoms with E-state index in [9.17, 15) is 12.8 Å². The summed E-state index contributed by atoms with van der Waals surface area (Å²) in [5, 5.41) is 12.9. The summed E-state index contributed by atoms with van der Waals surface area (Å²) in [6.45, 7) is 2.93. The summed E-state index contributed by atoms with van der Waals surface area (Å²) in [6.07, 6.45) is 1.92. The molecule has 1 aromatic carbocycles. The Kier molecular flexibility index (Phi) is 4.90. The first kappa shape index (κ1) is 19.4. The molecule has 2 aromatic heterocycles. The Morgan fingerprint density at radius 3 is 2.40 bits per heavy atom. The summed E-state index contributed by atoms with van der Waals surface area (Å²) < 4.78 is 39.2. The smallest absolute Gasteiger partial charge is 0.188 e. The van der Waals surface area contributed by atoms with Crippen LogP contribution in [0.15, 0.2) is 36.4 Å². The summed E-state index contributed by atoms with van der Waals surface area (Å²) in [6, 6.07) is 10.7. The lowest BCUT2D eigenvalue weighted by Crippen LogP contribution is -2.50.